The third-order valence-corrected chi connectivity index (χ3v) is 5.28. The second-order valence-corrected chi connectivity index (χ2v) is 6.89. The molecule has 1 fully saturated rings. The first kappa shape index (κ1) is 21.2. The molecule has 1 aromatic carbocycles. The normalized spacial score (nSPS) is 14.5. The van der Waals surface area contributed by atoms with E-state index in [0.29, 0.717) is 45.4 Å². The molecule has 1 aliphatic heterocycles. The van der Waals surface area contributed by atoms with Crippen molar-refractivity contribution < 1.29 is 14.3 Å². The molecule has 0 N–H and O–H groups in total. The van der Waals surface area contributed by atoms with E-state index in [1.165, 1.54) is 0 Å². The van der Waals surface area contributed by atoms with Crippen molar-refractivity contribution in [3.8, 4) is 5.75 Å². The number of piperazine rings is 1. The molecule has 0 unspecified atom stereocenters. The number of hydrogen-bond acceptors (Lipinski definition) is 4. The van der Waals surface area contributed by atoms with E-state index in [2.05, 4.69) is 18.7 Å². The van der Waals surface area contributed by atoms with Crippen LogP contribution in [0.1, 0.15) is 32.3 Å². The maximum atomic E-state index is 12.5. The average Bonchev–Trinajstić information content (AvgIpc) is 2.72. The van der Waals surface area contributed by atoms with Gasteiger partial charge in [0.1, 0.15) is 5.75 Å². The number of aryl methyl sites for hydroxylation is 1. The average molecular weight is 376 g/mol. The lowest BCUT2D eigenvalue weighted by molar-refractivity contribution is -0.139. The summed E-state index contributed by atoms with van der Waals surface area (Å²) in [5.74, 6) is 1.18. The van der Waals surface area contributed by atoms with Crippen molar-refractivity contribution in [2.45, 2.75) is 33.1 Å². The highest BCUT2D eigenvalue weighted by Gasteiger charge is 2.23. The van der Waals surface area contributed by atoms with E-state index in [-0.39, 0.29) is 11.8 Å². The Morgan fingerprint density at radius 2 is 1.59 bits per heavy atom. The minimum atomic E-state index is 0.160. The van der Waals surface area contributed by atoms with Crippen molar-refractivity contribution in [2.24, 2.45) is 0 Å². The fourth-order valence-electron chi connectivity index (χ4n) is 3.39. The Morgan fingerprint density at radius 1 is 1.00 bits per heavy atom. The van der Waals surface area contributed by atoms with Gasteiger partial charge in [-0.3, -0.25) is 9.59 Å². The van der Waals surface area contributed by atoms with E-state index in [4.69, 9.17) is 4.74 Å². The monoisotopic (exact) mass is 375 g/mol. The number of nitrogens with zero attached hydrogens (tertiary/aromatic N) is 3. The van der Waals surface area contributed by atoms with Crippen LogP contribution in [0.2, 0.25) is 0 Å². The van der Waals surface area contributed by atoms with Gasteiger partial charge in [-0.25, -0.2) is 0 Å². The molecule has 6 nitrogen and oxygen atoms in total. The molecule has 2 amide bonds. The quantitative estimate of drug-likeness (QED) is 0.663. The zero-order valence-corrected chi connectivity index (χ0v) is 16.9. The van der Waals surface area contributed by atoms with Crippen LogP contribution in [-0.2, 0) is 16.0 Å². The topological polar surface area (TPSA) is 53.1 Å². The van der Waals surface area contributed by atoms with Crippen molar-refractivity contribution in [3.05, 3.63) is 29.8 Å². The maximum Gasteiger partial charge on any atom is 0.223 e. The number of amides is 2. The molecule has 1 aliphatic rings. The summed E-state index contributed by atoms with van der Waals surface area (Å²) in [5, 5.41) is 0. The molecule has 0 aromatic heterocycles. The molecule has 0 atom stereocenters. The Bertz CT molecular complexity index is 608. The fourth-order valence-corrected chi connectivity index (χ4v) is 3.39. The lowest BCUT2D eigenvalue weighted by atomic mass is 10.1. The first-order valence-electron chi connectivity index (χ1n) is 9.98. The van der Waals surface area contributed by atoms with Gasteiger partial charge in [0.05, 0.1) is 7.11 Å². The summed E-state index contributed by atoms with van der Waals surface area (Å²) >= 11 is 0. The molecule has 27 heavy (non-hydrogen) atoms. The molecule has 0 bridgehead atoms. The van der Waals surface area contributed by atoms with Crippen molar-refractivity contribution in [1.29, 1.82) is 0 Å². The van der Waals surface area contributed by atoms with E-state index >= 15 is 0 Å². The summed E-state index contributed by atoms with van der Waals surface area (Å²) < 4.78 is 5.23. The first-order chi connectivity index (χ1) is 13.1. The number of carbonyl (C=O) groups excluding carboxylic acids is 2. The van der Waals surface area contributed by atoms with Gasteiger partial charge in [0.15, 0.2) is 0 Å². The third kappa shape index (κ3) is 6.54. The van der Waals surface area contributed by atoms with Crippen LogP contribution in [0.25, 0.3) is 0 Å². The second-order valence-electron chi connectivity index (χ2n) is 6.89. The number of carbonyl (C=O) groups is 2. The Labute approximate surface area is 163 Å². The predicted octanol–water partition coefficient (Wildman–Crippen LogP) is 2.03. The van der Waals surface area contributed by atoms with Gasteiger partial charge in [0.2, 0.25) is 11.8 Å². The van der Waals surface area contributed by atoms with Gasteiger partial charge in [-0.1, -0.05) is 26.0 Å². The molecular formula is C21H33N3O3. The van der Waals surface area contributed by atoms with Crippen LogP contribution in [0.15, 0.2) is 24.3 Å². The molecule has 2 rings (SSSR count). The predicted molar refractivity (Wildman–Crippen MR) is 107 cm³/mol. The highest BCUT2D eigenvalue weighted by Crippen LogP contribution is 2.15. The molecule has 1 heterocycles. The van der Waals surface area contributed by atoms with Gasteiger partial charge in [0.25, 0.3) is 0 Å². The van der Waals surface area contributed by atoms with Crippen LogP contribution in [0, 0.1) is 0 Å². The zero-order valence-electron chi connectivity index (χ0n) is 16.9. The molecule has 1 saturated heterocycles. The summed E-state index contributed by atoms with van der Waals surface area (Å²) in [4.78, 5) is 30.9. The first-order valence-corrected chi connectivity index (χ1v) is 9.98. The van der Waals surface area contributed by atoms with Gasteiger partial charge in [-0.2, -0.15) is 0 Å². The Balaban J connectivity index is 1.72. The summed E-state index contributed by atoms with van der Waals surface area (Å²) in [5.41, 5.74) is 1.10. The van der Waals surface area contributed by atoms with E-state index in [0.717, 1.165) is 30.9 Å². The molecular weight excluding hydrogens is 342 g/mol. The lowest BCUT2D eigenvalue weighted by Crippen LogP contribution is -2.51. The third-order valence-electron chi connectivity index (χ3n) is 5.28. The highest BCUT2D eigenvalue weighted by atomic mass is 16.5. The zero-order chi connectivity index (χ0) is 19.6. The molecule has 0 spiro atoms. The number of hydrogen-bond donors (Lipinski definition) is 0. The van der Waals surface area contributed by atoms with Gasteiger partial charge >= 0.3 is 0 Å². The Kier molecular flexibility index (Phi) is 8.58. The van der Waals surface area contributed by atoms with Gasteiger partial charge in [-0.15, -0.1) is 0 Å². The number of benzene rings is 1. The summed E-state index contributed by atoms with van der Waals surface area (Å²) in [6.45, 7) is 9.53. The highest BCUT2D eigenvalue weighted by molar-refractivity contribution is 5.78. The maximum absolute atomic E-state index is 12.5. The summed E-state index contributed by atoms with van der Waals surface area (Å²) in [7, 11) is 1.65. The van der Waals surface area contributed by atoms with E-state index in [1.807, 2.05) is 34.1 Å². The van der Waals surface area contributed by atoms with Crippen LogP contribution in [0.5, 0.6) is 5.75 Å². The van der Waals surface area contributed by atoms with E-state index in [9.17, 15) is 9.59 Å². The van der Waals surface area contributed by atoms with Crippen LogP contribution < -0.4 is 4.74 Å². The van der Waals surface area contributed by atoms with Crippen LogP contribution in [0.4, 0.5) is 0 Å². The summed E-state index contributed by atoms with van der Waals surface area (Å²) in [6, 6.07) is 7.84. The van der Waals surface area contributed by atoms with Gasteiger partial charge in [-0.05, 0) is 37.2 Å². The molecule has 1 aromatic rings. The van der Waals surface area contributed by atoms with Gasteiger partial charge in [0, 0.05) is 45.6 Å². The SMILES string of the molecule is CCN(CC)CCC(=O)N1CCN(C(=O)CCc2cccc(OC)c2)CC1. The van der Waals surface area contributed by atoms with Gasteiger partial charge < -0.3 is 19.4 Å². The minimum absolute atomic E-state index is 0.160. The van der Waals surface area contributed by atoms with E-state index in [1.54, 1.807) is 7.11 Å². The largest absolute Gasteiger partial charge is 0.497 e. The molecule has 0 aliphatic carbocycles. The van der Waals surface area contributed by atoms with Crippen LogP contribution in [-0.4, -0.2) is 79.4 Å². The van der Waals surface area contributed by atoms with Crippen LogP contribution >= 0.6 is 0 Å². The van der Waals surface area contributed by atoms with Crippen molar-refractivity contribution in [2.75, 3.05) is 52.9 Å². The lowest BCUT2D eigenvalue weighted by Gasteiger charge is -2.35. The molecule has 0 saturated carbocycles. The molecule has 0 radical (unpaired) electrons. The standard InChI is InChI=1S/C21H33N3O3/c1-4-22(5-2)12-11-21(26)24-15-13-23(14-16-24)20(25)10-9-18-7-6-8-19(17-18)27-3/h6-8,17H,4-5,9-16H2,1-3H3. The van der Waals surface area contributed by atoms with Crippen molar-refractivity contribution in [3.63, 3.8) is 0 Å². The number of methoxy groups -OCH3 is 1. The minimum Gasteiger partial charge on any atom is -0.497 e. The second kappa shape index (κ2) is 10.9. The summed E-state index contributed by atoms with van der Waals surface area (Å²) in [6.07, 6.45) is 1.76. The molecule has 150 valence electrons. The number of rotatable bonds is 9. The van der Waals surface area contributed by atoms with Crippen molar-refractivity contribution in [1.82, 2.24) is 14.7 Å². The number of ether oxygens (including phenoxy) is 1. The van der Waals surface area contributed by atoms with E-state index < -0.39 is 0 Å². The van der Waals surface area contributed by atoms with Crippen molar-refractivity contribution >= 4 is 11.8 Å². The molecule has 6 heteroatoms. The van der Waals surface area contributed by atoms with Crippen LogP contribution in [0.3, 0.4) is 0 Å². The smallest absolute Gasteiger partial charge is 0.223 e. The fraction of sp³-hybridized carbons (Fsp3) is 0.619. The Morgan fingerprint density at radius 3 is 2.15 bits per heavy atom. The Hall–Kier alpha value is -2.08.